The molecule has 14 heavy (non-hydrogen) atoms. The lowest BCUT2D eigenvalue weighted by Crippen LogP contribution is -1.76. The number of halogens is 2. The number of rotatable bonds is 2. The van der Waals surface area contributed by atoms with Gasteiger partial charge in [-0.3, -0.25) is 0 Å². The molecule has 0 bridgehead atoms. The standard InChI is InChI=1S/C9H7ClN2S.ClH/c10-7-3-1-2-4-8(7)13-9-11-5-6-12-9;/h1-6H,(H,11,12);1H. The average molecular weight is 247 g/mol. The number of aromatic amines is 1. The number of H-pyrrole nitrogens is 1. The van der Waals surface area contributed by atoms with E-state index in [9.17, 15) is 0 Å². The third kappa shape index (κ3) is 2.67. The maximum absolute atomic E-state index is 5.98. The summed E-state index contributed by atoms with van der Waals surface area (Å²) in [6, 6.07) is 7.70. The van der Waals surface area contributed by atoms with Gasteiger partial charge in [-0.05, 0) is 12.1 Å². The van der Waals surface area contributed by atoms with Gasteiger partial charge in [-0.15, -0.1) is 12.4 Å². The molecule has 1 N–H and O–H groups in total. The van der Waals surface area contributed by atoms with Crippen molar-refractivity contribution in [2.45, 2.75) is 10.1 Å². The first-order chi connectivity index (χ1) is 6.36. The summed E-state index contributed by atoms with van der Waals surface area (Å²) >= 11 is 7.50. The molecule has 0 atom stereocenters. The van der Waals surface area contributed by atoms with Crippen molar-refractivity contribution < 1.29 is 0 Å². The second-order valence-electron chi connectivity index (χ2n) is 2.43. The highest BCUT2D eigenvalue weighted by Crippen LogP contribution is 2.30. The van der Waals surface area contributed by atoms with Gasteiger partial charge < -0.3 is 4.98 Å². The van der Waals surface area contributed by atoms with E-state index in [1.54, 1.807) is 12.4 Å². The lowest BCUT2D eigenvalue weighted by Gasteiger charge is -1.99. The van der Waals surface area contributed by atoms with Crippen LogP contribution in [0.2, 0.25) is 5.02 Å². The molecule has 0 aliphatic heterocycles. The van der Waals surface area contributed by atoms with Gasteiger partial charge in [-0.1, -0.05) is 35.5 Å². The highest BCUT2D eigenvalue weighted by Gasteiger charge is 2.02. The molecular formula is C9H8Cl2N2S. The van der Waals surface area contributed by atoms with E-state index in [1.165, 1.54) is 11.8 Å². The molecular weight excluding hydrogens is 239 g/mol. The van der Waals surface area contributed by atoms with Gasteiger partial charge in [-0.25, -0.2) is 4.98 Å². The molecule has 0 saturated carbocycles. The normalized spacial score (nSPS) is 9.50. The second-order valence-corrected chi connectivity index (χ2v) is 3.86. The Kier molecular flexibility index (Phi) is 4.32. The first kappa shape index (κ1) is 11.4. The molecule has 1 aromatic heterocycles. The number of aromatic nitrogens is 2. The smallest absolute Gasteiger partial charge is 0.170 e. The van der Waals surface area contributed by atoms with E-state index in [1.807, 2.05) is 24.3 Å². The van der Waals surface area contributed by atoms with Crippen molar-refractivity contribution in [3.05, 3.63) is 41.7 Å². The molecule has 5 heteroatoms. The number of imidazole rings is 1. The summed E-state index contributed by atoms with van der Waals surface area (Å²) in [5, 5.41) is 1.61. The van der Waals surface area contributed by atoms with Crippen molar-refractivity contribution in [2.75, 3.05) is 0 Å². The van der Waals surface area contributed by atoms with Gasteiger partial charge in [-0.2, -0.15) is 0 Å². The third-order valence-corrected chi connectivity index (χ3v) is 2.95. The van der Waals surface area contributed by atoms with Gasteiger partial charge in [0.05, 0.1) is 5.02 Å². The van der Waals surface area contributed by atoms with Gasteiger partial charge in [0.25, 0.3) is 0 Å². The number of nitrogens with one attached hydrogen (secondary N) is 1. The zero-order chi connectivity index (χ0) is 9.10. The van der Waals surface area contributed by atoms with E-state index in [-0.39, 0.29) is 12.4 Å². The Morgan fingerprint density at radius 2 is 2.07 bits per heavy atom. The van der Waals surface area contributed by atoms with Crippen molar-refractivity contribution in [3.63, 3.8) is 0 Å². The van der Waals surface area contributed by atoms with E-state index in [0.717, 1.165) is 15.1 Å². The van der Waals surface area contributed by atoms with Crippen LogP contribution in [0.4, 0.5) is 0 Å². The van der Waals surface area contributed by atoms with Crippen LogP contribution in [-0.4, -0.2) is 9.97 Å². The molecule has 1 heterocycles. The van der Waals surface area contributed by atoms with E-state index in [2.05, 4.69) is 9.97 Å². The van der Waals surface area contributed by atoms with Crippen molar-refractivity contribution in [3.8, 4) is 0 Å². The minimum Gasteiger partial charge on any atom is -0.339 e. The molecule has 2 nitrogen and oxygen atoms in total. The number of hydrogen-bond donors (Lipinski definition) is 1. The zero-order valence-corrected chi connectivity index (χ0v) is 9.49. The monoisotopic (exact) mass is 246 g/mol. The molecule has 0 aliphatic rings. The fraction of sp³-hybridized carbons (Fsp3) is 0. The number of benzene rings is 1. The summed E-state index contributed by atoms with van der Waals surface area (Å²) in [5.41, 5.74) is 0. The minimum absolute atomic E-state index is 0. The molecule has 2 rings (SSSR count). The summed E-state index contributed by atoms with van der Waals surface area (Å²) in [6.07, 6.45) is 3.51. The number of hydrogen-bond acceptors (Lipinski definition) is 2. The van der Waals surface area contributed by atoms with Crippen LogP contribution < -0.4 is 0 Å². The predicted molar refractivity (Wildman–Crippen MR) is 61.4 cm³/mol. The van der Waals surface area contributed by atoms with Crippen molar-refractivity contribution in [1.82, 2.24) is 9.97 Å². The molecule has 74 valence electrons. The van der Waals surface area contributed by atoms with Crippen molar-refractivity contribution in [1.29, 1.82) is 0 Å². The lowest BCUT2D eigenvalue weighted by molar-refractivity contribution is 1.06. The largest absolute Gasteiger partial charge is 0.339 e. The highest BCUT2D eigenvalue weighted by molar-refractivity contribution is 7.99. The van der Waals surface area contributed by atoms with Crippen LogP contribution in [0, 0.1) is 0 Å². The Labute approximate surface area is 97.5 Å². The summed E-state index contributed by atoms with van der Waals surface area (Å²) in [7, 11) is 0. The Balaban J connectivity index is 0.000000980. The zero-order valence-electron chi connectivity index (χ0n) is 7.11. The maximum Gasteiger partial charge on any atom is 0.170 e. The van der Waals surface area contributed by atoms with Crippen molar-refractivity contribution >= 4 is 35.8 Å². The molecule has 0 aliphatic carbocycles. The first-order valence-corrected chi connectivity index (χ1v) is 4.97. The van der Waals surface area contributed by atoms with E-state index < -0.39 is 0 Å². The summed E-state index contributed by atoms with van der Waals surface area (Å²) in [5.74, 6) is 0. The van der Waals surface area contributed by atoms with Crippen LogP contribution in [0.3, 0.4) is 0 Å². The van der Waals surface area contributed by atoms with Gasteiger partial charge in [0.2, 0.25) is 0 Å². The highest BCUT2D eigenvalue weighted by atomic mass is 35.5. The quantitative estimate of drug-likeness (QED) is 0.877. The summed E-state index contributed by atoms with van der Waals surface area (Å²) in [4.78, 5) is 8.12. The van der Waals surface area contributed by atoms with Crippen LogP contribution in [0.1, 0.15) is 0 Å². The van der Waals surface area contributed by atoms with Crippen LogP contribution in [0.25, 0.3) is 0 Å². The fourth-order valence-corrected chi connectivity index (χ4v) is 1.95. The van der Waals surface area contributed by atoms with E-state index in [0.29, 0.717) is 0 Å². The van der Waals surface area contributed by atoms with Gasteiger partial charge in [0.1, 0.15) is 0 Å². The molecule has 0 amide bonds. The summed E-state index contributed by atoms with van der Waals surface area (Å²) in [6.45, 7) is 0. The molecule has 0 fully saturated rings. The number of nitrogens with zero attached hydrogens (tertiary/aromatic N) is 1. The Morgan fingerprint density at radius 1 is 1.29 bits per heavy atom. The van der Waals surface area contributed by atoms with E-state index in [4.69, 9.17) is 11.6 Å². The van der Waals surface area contributed by atoms with E-state index >= 15 is 0 Å². The second kappa shape index (κ2) is 5.29. The minimum atomic E-state index is 0. The Hall–Kier alpha value is -0.640. The molecule has 0 radical (unpaired) electrons. The molecule has 0 saturated heterocycles. The van der Waals surface area contributed by atoms with Crippen LogP contribution >= 0.6 is 35.8 Å². The molecule has 0 spiro atoms. The third-order valence-electron chi connectivity index (χ3n) is 1.52. The average Bonchev–Trinajstić information content (AvgIpc) is 2.61. The molecule has 1 aromatic carbocycles. The molecule has 2 aromatic rings. The van der Waals surface area contributed by atoms with Crippen molar-refractivity contribution in [2.24, 2.45) is 0 Å². The fourth-order valence-electron chi connectivity index (χ4n) is 0.938. The van der Waals surface area contributed by atoms with Gasteiger partial charge in [0.15, 0.2) is 5.16 Å². The van der Waals surface area contributed by atoms with Gasteiger partial charge >= 0.3 is 0 Å². The van der Waals surface area contributed by atoms with Crippen LogP contribution in [0.5, 0.6) is 0 Å². The molecule has 0 unspecified atom stereocenters. The first-order valence-electron chi connectivity index (χ1n) is 3.78. The maximum atomic E-state index is 5.98. The summed E-state index contributed by atoms with van der Waals surface area (Å²) < 4.78 is 0. The van der Waals surface area contributed by atoms with Gasteiger partial charge in [0, 0.05) is 17.3 Å². The predicted octanol–water partition coefficient (Wildman–Crippen LogP) is 3.64. The SMILES string of the molecule is Cl.Clc1ccccc1Sc1ncc[nH]1. The Morgan fingerprint density at radius 3 is 2.71 bits per heavy atom. The topological polar surface area (TPSA) is 28.7 Å². The lowest BCUT2D eigenvalue weighted by atomic mass is 10.4. The Bertz CT molecular complexity index is 389. The van der Waals surface area contributed by atoms with Crippen LogP contribution in [0.15, 0.2) is 46.7 Å². The van der Waals surface area contributed by atoms with Crippen LogP contribution in [-0.2, 0) is 0 Å².